The van der Waals surface area contributed by atoms with E-state index >= 15 is 0 Å². The highest BCUT2D eigenvalue weighted by Gasteiger charge is 2.13. The van der Waals surface area contributed by atoms with Crippen molar-refractivity contribution in [1.82, 2.24) is 0 Å². The number of ketones is 1. The molecule has 21 heavy (non-hydrogen) atoms. The van der Waals surface area contributed by atoms with Crippen LogP contribution in [0.1, 0.15) is 25.3 Å². The van der Waals surface area contributed by atoms with E-state index in [-0.39, 0.29) is 24.4 Å². The Morgan fingerprint density at radius 1 is 1.19 bits per heavy atom. The van der Waals surface area contributed by atoms with Crippen molar-refractivity contribution in [1.29, 1.82) is 0 Å². The van der Waals surface area contributed by atoms with Crippen molar-refractivity contribution in [3.63, 3.8) is 0 Å². The van der Waals surface area contributed by atoms with Gasteiger partial charge in [-0.3, -0.25) is 4.79 Å². The molecule has 0 fully saturated rings. The van der Waals surface area contributed by atoms with Gasteiger partial charge in [0.05, 0.1) is 14.2 Å². The van der Waals surface area contributed by atoms with Crippen molar-refractivity contribution in [2.75, 3.05) is 14.2 Å². The number of methoxy groups -OCH3 is 2. The summed E-state index contributed by atoms with van der Waals surface area (Å²) >= 11 is 0. The molecule has 0 unspecified atom stereocenters. The van der Waals surface area contributed by atoms with Crippen molar-refractivity contribution in [2.45, 2.75) is 26.4 Å². The van der Waals surface area contributed by atoms with Crippen LogP contribution in [0.25, 0.3) is 0 Å². The minimum Gasteiger partial charge on any atom is -0.497 e. The molecule has 0 aliphatic heterocycles. The number of benzene rings is 1. The topological polar surface area (TPSA) is 61.8 Å². The molecule has 0 saturated carbocycles. The molecule has 0 atom stereocenters. The maximum atomic E-state index is 11.8. The normalized spacial score (nSPS) is 9.86. The van der Waals surface area contributed by atoms with Gasteiger partial charge in [0.1, 0.15) is 23.9 Å². The zero-order chi connectivity index (χ0) is 15.8. The molecule has 1 aromatic carbocycles. The van der Waals surface area contributed by atoms with Crippen LogP contribution in [0.2, 0.25) is 0 Å². The second-order valence-electron chi connectivity index (χ2n) is 4.43. The molecular formula is C16H20O5. The average Bonchev–Trinajstić information content (AvgIpc) is 2.51. The molecule has 1 rings (SSSR count). The number of esters is 1. The van der Waals surface area contributed by atoms with Crippen LogP contribution in [0, 0.1) is 0 Å². The van der Waals surface area contributed by atoms with Crippen molar-refractivity contribution >= 4 is 11.8 Å². The molecule has 0 spiro atoms. The molecule has 0 amide bonds. The van der Waals surface area contributed by atoms with E-state index in [1.54, 1.807) is 32.2 Å². The van der Waals surface area contributed by atoms with Crippen molar-refractivity contribution in [3.8, 4) is 11.5 Å². The molecule has 5 heteroatoms. The van der Waals surface area contributed by atoms with E-state index in [0.717, 1.165) is 0 Å². The lowest BCUT2D eigenvalue weighted by Crippen LogP contribution is -2.11. The third-order valence-corrected chi connectivity index (χ3v) is 2.95. The van der Waals surface area contributed by atoms with Gasteiger partial charge in [0, 0.05) is 30.0 Å². The van der Waals surface area contributed by atoms with E-state index in [2.05, 4.69) is 6.58 Å². The standard InChI is InChI=1S/C16H20O5/c1-5-13(17)8-11(2)16(18)21-10-12-6-7-14(19-3)9-15(12)20-4/h6-7,9H,2,5,8,10H2,1,3-4H3. The number of hydrogen-bond donors (Lipinski definition) is 0. The first-order valence-corrected chi connectivity index (χ1v) is 6.59. The van der Waals surface area contributed by atoms with Crippen LogP contribution in [-0.4, -0.2) is 26.0 Å². The average molecular weight is 292 g/mol. The zero-order valence-corrected chi connectivity index (χ0v) is 12.6. The van der Waals surface area contributed by atoms with Gasteiger partial charge in [0.15, 0.2) is 0 Å². The highest BCUT2D eigenvalue weighted by Crippen LogP contribution is 2.25. The lowest BCUT2D eigenvalue weighted by atomic mass is 10.1. The highest BCUT2D eigenvalue weighted by molar-refractivity contribution is 5.95. The summed E-state index contributed by atoms with van der Waals surface area (Å²) < 4.78 is 15.4. The van der Waals surface area contributed by atoms with E-state index in [0.29, 0.717) is 23.5 Å². The third kappa shape index (κ3) is 4.95. The molecular weight excluding hydrogens is 272 g/mol. The van der Waals surface area contributed by atoms with E-state index in [4.69, 9.17) is 14.2 Å². The van der Waals surface area contributed by atoms with Gasteiger partial charge in [-0.15, -0.1) is 0 Å². The Kier molecular flexibility index (Phi) is 6.46. The maximum absolute atomic E-state index is 11.8. The van der Waals surface area contributed by atoms with Gasteiger partial charge in [-0.2, -0.15) is 0 Å². The van der Waals surface area contributed by atoms with Crippen molar-refractivity contribution in [3.05, 3.63) is 35.9 Å². The fraction of sp³-hybridized carbons (Fsp3) is 0.375. The quantitative estimate of drug-likeness (QED) is 0.544. The van der Waals surface area contributed by atoms with Gasteiger partial charge < -0.3 is 14.2 Å². The largest absolute Gasteiger partial charge is 0.497 e. The molecule has 0 radical (unpaired) electrons. The Hall–Kier alpha value is -2.30. The van der Waals surface area contributed by atoms with Gasteiger partial charge >= 0.3 is 5.97 Å². The second kappa shape index (κ2) is 8.09. The lowest BCUT2D eigenvalue weighted by Gasteiger charge is -2.11. The number of ether oxygens (including phenoxy) is 3. The first-order chi connectivity index (χ1) is 10.0. The van der Waals surface area contributed by atoms with E-state index < -0.39 is 5.97 Å². The summed E-state index contributed by atoms with van der Waals surface area (Å²) in [4.78, 5) is 23.0. The van der Waals surface area contributed by atoms with E-state index in [9.17, 15) is 9.59 Å². The first-order valence-electron chi connectivity index (χ1n) is 6.59. The molecule has 0 aliphatic rings. The van der Waals surface area contributed by atoms with Gasteiger partial charge in [-0.1, -0.05) is 13.5 Å². The van der Waals surface area contributed by atoms with Crippen molar-refractivity contribution < 1.29 is 23.8 Å². The molecule has 0 N–H and O–H groups in total. The van der Waals surface area contributed by atoms with Crippen LogP contribution in [-0.2, 0) is 20.9 Å². The van der Waals surface area contributed by atoms with Crippen LogP contribution in [0.15, 0.2) is 30.4 Å². The van der Waals surface area contributed by atoms with E-state index in [1.165, 1.54) is 7.11 Å². The Bertz CT molecular complexity index is 533. The molecule has 1 aromatic rings. The maximum Gasteiger partial charge on any atom is 0.334 e. The Morgan fingerprint density at radius 2 is 1.90 bits per heavy atom. The molecule has 0 bridgehead atoms. The Morgan fingerprint density at radius 3 is 2.48 bits per heavy atom. The first kappa shape index (κ1) is 16.8. The minimum atomic E-state index is -0.574. The SMILES string of the molecule is C=C(CC(=O)CC)C(=O)OCc1ccc(OC)cc1OC. The summed E-state index contributed by atoms with van der Waals surface area (Å²) in [6, 6.07) is 5.21. The monoisotopic (exact) mass is 292 g/mol. The zero-order valence-electron chi connectivity index (χ0n) is 12.6. The molecule has 114 valence electrons. The van der Waals surface area contributed by atoms with E-state index in [1.807, 2.05) is 0 Å². The number of Topliss-reactive ketones (excluding diaryl/α,β-unsaturated/α-hetero) is 1. The predicted octanol–water partition coefficient (Wildman–Crippen LogP) is 2.67. The van der Waals surface area contributed by atoms with Gasteiger partial charge in [-0.05, 0) is 12.1 Å². The fourth-order valence-electron chi connectivity index (χ4n) is 1.65. The van der Waals surface area contributed by atoms with Gasteiger partial charge in [0.25, 0.3) is 0 Å². The number of hydrogen-bond acceptors (Lipinski definition) is 5. The molecule has 5 nitrogen and oxygen atoms in total. The molecule has 0 saturated heterocycles. The number of rotatable bonds is 8. The highest BCUT2D eigenvalue weighted by atomic mass is 16.5. The van der Waals surface area contributed by atoms with Gasteiger partial charge in [0.2, 0.25) is 0 Å². The fourth-order valence-corrected chi connectivity index (χ4v) is 1.65. The van der Waals surface area contributed by atoms with Crippen LogP contribution in [0.5, 0.6) is 11.5 Å². The summed E-state index contributed by atoms with van der Waals surface area (Å²) in [6.07, 6.45) is 0.397. The second-order valence-corrected chi connectivity index (χ2v) is 4.43. The van der Waals surface area contributed by atoms with Gasteiger partial charge in [-0.25, -0.2) is 4.79 Å². The smallest absolute Gasteiger partial charge is 0.334 e. The van der Waals surface area contributed by atoms with Crippen LogP contribution < -0.4 is 9.47 Å². The number of carbonyl (C=O) groups excluding carboxylic acids is 2. The molecule has 0 aromatic heterocycles. The summed E-state index contributed by atoms with van der Waals surface area (Å²) in [5, 5.41) is 0. The summed E-state index contributed by atoms with van der Waals surface area (Å²) in [5.74, 6) is 0.603. The lowest BCUT2D eigenvalue weighted by molar-refractivity contribution is -0.141. The summed E-state index contributed by atoms with van der Waals surface area (Å²) in [7, 11) is 3.09. The summed E-state index contributed by atoms with van der Waals surface area (Å²) in [5.41, 5.74) is 0.871. The number of carbonyl (C=O) groups is 2. The molecule has 0 heterocycles. The third-order valence-electron chi connectivity index (χ3n) is 2.95. The predicted molar refractivity (Wildman–Crippen MR) is 78.4 cm³/mol. The van der Waals surface area contributed by atoms with Crippen LogP contribution >= 0.6 is 0 Å². The van der Waals surface area contributed by atoms with Crippen LogP contribution in [0.3, 0.4) is 0 Å². The summed E-state index contributed by atoms with van der Waals surface area (Å²) in [6.45, 7) is 5.36. The van der Waals surface area contributed by atoms with Crippen LogP contribution in [0.4, 0.5) is 0 Å². The Balaban J connectivity index is 2.64. The van der Waals surface area contributed by atoms with Crippen molar-refractivity contribution in [2.24, 2.45) is 0 Å². The molecule has 0 aliphatic carbocycles. The Labute approximate surface area is 124 Å². The minimum absolute atomic E-state index is 0.0229.